The maximum Gasteiger partial charge on any atom is 0.0900 e. The van der Waals surface area contributed by atoms with E-state index in [2.05, 4.69) is 4.90 Å². The summed E-state index contributed by atoms with van der Waals surface area (Å²) in [4.78, 5) is 2.43. The van der Waals surface area contributed by atoms with Crippen LogP contribution in [0.1, 0.15) is 19.3 Å². The number of ether oxygens (including phenoxy) is 2. The Kier molecular flexibility index (Phi) is 4.58. The second-order valence-corrected chi connectivity index (χ2v) is 5.01. The van der Waals surface area contributed by atoms with Gasteiger partial charge in [0.25, 0.3) is 0 Å². The Morgan fingerprint density at radius 1 is 1.38 bits per heavy atom. The monoisotopic (exact) mass is 229 g/mol. The molecule has 2 bridgehead atoms. The fourth-order valence-corrected chi connectivity index (χ4v) is 2.94. The van der Waals surface area contributed by atoms with E-state index < -0.39 is 0 Å². The topological polar surface area (TPSA) is 41.9 Å². The second kappa shape index (κ2) is 5.96. The van der Waals surface area contributed by atoms with Crippen LogP contribution in [0.25, 0.3) is 0 Å². The number of nitrogens with zero attached hydrogens (tertiary/aromatic N) is 1. The van der Waals surface area contributed by atoms with Gasteiger partial charge < -0.3 is 14.6 Å². The molecule has 0 aromatic heterocycles. The predicted octanol–water partition coefficient (Wildman–Crippen LogP) is 0.495. The van der Waals surface area contributed by atoms with Crippen LogP contribution in [0.5, 0.6) is 0 Å². The second-order valence-electron chi connectivity index (χ2n) is 5.01. The molecular weight excluding hydrogens is 206 g/mol. The highest BCUT2D eigenvalue weighted by molar-refractivity contribution is 4.92. The van der Waals surface area contributed by atoms with Gasteiger partial charge in [0.1, 0.15) is 0 Å². The van der Waals surface area contributed by atoms with Crippen molar-refractivity contribution in [3.63, 3.8) is 0 Å². The van der Waals surface area contributed by atoms with E-state index >= 15 is 0 Å². The zero-order valence-corrected chi connectivity index (χ0v) is 10.1. The van der Waals surface area contributed by atoms with Gasteiger partial charge in [0, 0.05) is 26.2 Å². The Labute approximate surface area is 97.5 Å². The smallest absolute Gasteiger partial charge is 0.0900 e. The van der Waals surface area contributed by atoms with Gasteiger partial charge in [0.2, 0.25) is 0 Å². The van der Waals surface area contributed by atoms with E-state index in [0.29, 0.717) is 19.8 Å². The highest BCUT2D eigenvalue weighted by Gasteiger charge is 2.38. The van der Waals surface area contributed by atoms with Crippen LogP contribution in [-0.2, 0) is 9.47 Å². The fraction of sp³-hybridized carbons (Fsp3) is 1.00. The van der Waals surface area contributed by atoms with E-state index in [4.69, 9.17) is 9.47 Å². The SMILES string of the molecule is COCCOCC(O)CN1CC2CCC1C2. The number of aliphatic hydroxyl groups excluding tert-OH is 1. The zero-order valence-electron chi connectivity index (χ0n) is 10.1. The lowest BCUT2D eigenvalue weighted by Gasteiger charge is -2.28. The number of hydrogen-bond acceptors (Lipinski definition) is 4. The standard InChI is InChI=1S/C12H23NO3/c1-15-4-5-16-9-12(14)8-13-7-10-2-3-11(13)6-10/h10-12,14H,2-9H2,1H3. The first-order chi connectivity index (χ1) is 7.79. The number of piperidine rings is 1. The molecule has 1 aliphatic carbocycles. The van der Waals surface area contributed by atoms with Crippen molar-refractivity contribution in [3.05, 3.63) is 0 Å². The van der Waals surface area contributed by atoms with Crippen molar-refractivity contribution in [2.24, 2.45) is 5.92 Å². The van der Waals surface area contributed by atoms with Gasteiger partial charge in [-0.1, -0.05) is 0 Å². The number of rotatable bonds is 7. The predicted molar refractivity (Wildman–Crippen MR) is 61.4 cm³/mol. The van der Waals surface area contributed by atoms with Crippen LogP contribution < -0.4 is 0 Å². The summed E-state index contributed by atoms with van der Waals surface area (Å²) in [5.41, 5.74) is 0. The third-order valence-electron chi connectivity index (χ3n) is 3.71. The largest absolute Gasteiger partial charge is 0.389 e. The molecule has 0 radical (unpaired) electrons. The summed E-state index contributed by atoms with van der Waals surface area (Å²) in [6.45, 7) is 3.55. The third-order valence-corrected chi connectivity index (χ3v) is 3.71. The van der Waals surface area contributed by atoms with E-state index in [0.717, 1.165) is 18.5 Å². The quantitative estimate of drug-likeness (QED) is 0.645. The molecule has 3 unspecified atom stereocenters. The van der Waals surface area contributed by atoms with Gasteiger partial charge in [0.05, 0.1) is 25.9 Å². The van der Waals surface area contributed by atoms with E-state index in [-0.39, 0.29) is 6.10 Å². The van der Waals surface area contributed by atoms with Crippen LogP contribution in [0.15, 0.2) is 0 Å². The molecule has 2 aliphatic rings. The summed E-state index contributed by atoms with van der Waals surface area (Å²) in [6, 6.07) is 0.735. The maximum absolute atomic E-state index is 9.83. The molecule has 0 aromatic rings. The Morgan fingerprint density at radius 3 is 2.88 bits per heavy atom. The third kappa shape index (κ3) is 3.17. The van der Waals surface area contributed by atoms with Crippen molar-refractivity contribution < 1.29 is 14.6 Å². The van der Waals surface area contributed by atoms with Crippen LogP contribution in [0.4, 0.5) is 0 Å². The fourth-order valence-electron chi connectivity index (χ4n) is 2.94. The highest BCUT2D eigenvalue weighted by atomic mass is 16.5. The van der Waals surface area contributed by atoms with E-state index in [1.54, 1.807) is 7.11 Å². The molecule has 2 fully saturated rings. The summed E-state index contributed by atoms with van der Waals surface area (Å²) >= 11 is 0. The Balaban J connectivity index is 1.58. The van der Waals surface area contributed by atoms with Crippen molar-refractivity contribution in [2.75, 3.05) is 40.0 Å². The molecule has 4 nitrogen and oxygen atoms in total. The van der Waals surface area contributed by atoms with Crippen molar-refractivity contribution in [1.29, 1.82) is 0 Å². The van der Waals surface area contributed by atoms with Crippen LogP contribution in [-0.4, -0.2) is 62.2 Å². The van der Waals surface area contributed by atoms with E-state index in [1.165, 1.54) is 25.8 Å². The van der Waals surface area contributed by atoms with Crippen LogP contribution >= 0.6 is 0 Å². The molecule has 0 spiro atoms. The number of likely N-dealkylation sites (tertiary alicyclic amines) is 1. The first-order valence-corrected chi connectivity index (χ1v) is 6.28. The van der Waals surface area contributed by atoms with Crippen molar-refractivity contribution in [1.82, 2.24) is 4.90 Å². The molecule has 4 heteroatoms. The van der Waals surface area contributed by atoms with Crippen LogP contribution in [0.2, 0.25) is 0 Å². The molecule has 1 saturated carbocycles. The van der Waals surface area contributed by atoms with Gasteiger partial charge in [-0.25, -0.2) is 0 Å². The van der Waals surface area contributed by atoms with Crippen molar-refractivity contribution in [2.45, 2.75) is 31.4 Å². The number of hydrogen-bond donors (Lipinski definition) is 1. The summed E-state index contributed by atoms with van der Waals surface area (Å²) < 4.78 is 10.2. The lowest BCUT2D eigenvalue weighted by atomic mass is 10.1. The Morgan fingerprint density at radius 2 is 2.25 bits per heavy atom. The highest BCUT2D eigenvalue weighted by Crippen LogP contribution is 2.37. The molecule has 1 aliphatic heterocycles. The lowest BCUT2D eigenvalue weighted by Crippen LogP contribution is -2.39. The van der Waals surface area contributed by atoms with Crippen LogP contribution in [0, 0.1) is 5.92 Å². The van der Waals surface area contributed by atoms with Gasteiger partial charge in [-0.3, -0.25) is 4.90 Å². The Hall–Kier alpha value is -0.160. The van der Waals surface area contributed by atoms with Gasteiger partial charge >= 0.3 is 0 Å². The summed E-state index contributed by atoms with van der Waals surface area (Å²) in [7, 11) is 1.65. The van der Waals surface area contributed by atoms with Crippen molar-refractivity contribution in [3.8, 4) is 0 Å². The number of fused-ring (bicyclic) bond motifs is 2. The van der Waals surface area contributed by atoms with Gasteiger partial charge in [-0.15, -0.1) is 0 Å². The summed E-state index contributed by atoms with van der Waals surface area (Å²) in [5.74, 6) is 0.895. The number of β-amino-alcohol motifs (C(OH)–C–C–N with tert-alkyl or cyclic N) is 1. The summed E-state index contributed by atoms with van der Waals surface area (Å²) in [6.07, 6.45) is 3.71. The van der Waals surface area contributed by atoms with Gasteiger partial charge in [0.15, 0.2) is 0 Å². The average molecular weight is 229 g/mol. The minimum atomic E-state index is -0.351. The minimum Gasteiger partial charge on any atom is -0.389 e. The molecule has 1 heterocycles. The molecule has 0 aromatic carbocycles. The Bertz CT molecular complexity index is 212. The average Bonchev–Trinajstić information content (AvgIpc) is 2.86. The molecular formula is C12H23NO3. The van der Waals surface area contributed by atoms with E-state index in [9.17, 15) is 5.11 Å². The number of aliphatic hydroxyl groups is 1. The molecule has 0 amide bonds. The van der Waals surface area contributed by atoms with E-state index in [1.807, 2.05) is 0 Å². The van der Waals surface area contributed by atoms with Crippen molar-refractivity contribution >= 4 is 0 Å². The van der Waals surface area contributed by atoms with Gasteiger partial charge in [-0.05, 0) is 25.2 Å². The van der Waals surface area contributed by atoms with Crippen LogP contribution in [0.3, 0.4) is 0 Å². The molecule has 3 atom stereocenters. The zero-order chi connectivity index (χ0) is 11.4. The van der Waals surface area contributed by atoms with Gasteiger partial charge in [-0.2, -0.15) is 0 Å². The summed E-state index contributed by atoms with van der Waals surface area (Å²) in [5, 5.41) is 9.83. The molecule has 16 heavy (non-hydrogen) atoms. The minimum absolute atomic E-state index is 0.351. The first-order valence-electron chi connectivity index (χ1n) is 6.28. The normalized spacial score (nSPS) is 31.1. The molecule has 1 N–H and O–H groups in total. The maximum atomic E-state index is 9.83. The molecule has 1 saturated heterocycles. The first kappa shape index (κ1) is 12.3. The lowest BCUT2D eigenvalue weighted by molar-refractivity contribution is -0.00433. The number of methoxy groups -OCH3 is 1. The molecule has 94 valence electrons. The molecule has 2 rings (SSSR count).